The van der Waals surface area contributed by atoms with Gasteiger partial charge in [-0.25, -0.2) is 18.2 Å². The lowest BCUT2D eigenvalue weighted by atomic mass is 10.2. The lowest BCUT2D eigenvalue weighted by molar-refractivity contribution is 0.547. The van der Waals surface area contributed by atoms with Crippen molar-refractivity contribution in [2.45, 2.75) is 0 Å². The Balaban J connectivity index is 2.28. The summed E-state index contributed by atoms with van der Waals surface area (Å²) >= 11 is 3.26. The molecule has 0 bridgehead atoms. The van der Waals surface area contributed by atoms with Gasteiger partial charge in [-0.15, -0.1) is 0 Å². The molecule has 1 heterocycles. The van der Waals surface area contributed by atoms with Crippen LogP contribution in [0.5, 0.6) is 0 Å². The summed E-state index contributed by atoms with van der Waals surface area (Å²) in [7, 11) is 0. The van der Waals surface area contributed by atoms with Crippen LogP contribution in [0.4, 0.5) is 18.9 Å². The summed E-state index contributed by atoms with van der Waals surface area (Å²) < 4.78 is 41.1. The van der Waals surface area contributed by atoms with Crippen LogP contribution in [0.1, 0.15) is 0 Å². The minimum Gasteiger partial charge on any atom is -0.397 e. The number of rotatable bonds is 1. The van der Waals surface area contributed by atoms with Crippen LogP contribution in [0, 0.1) is 17.5 Å². The van der Waals surface area contributed by atoms with Gasteiger partial charge in [-0.05, 0) is 12.1 Å². The first-order valence-electron chi connectivity index (χ1n) is 5.55. The summed E-state index contributed by atoms with van der Waals surface area (Å²) in [6, 6.07) is 4.52. The van der Waals surface area contributed by atoms with Gasteiger partial charge in [0.25, 0.3) is 0 Å². The van der Waals surface area contributed by atoms with E-state index in [9.17, 15) is 13.2 Å². The Hall–Kier alpha value is -2.02. The van der Waals surface area contributed by atoms with Crippen LogP contribution in [-0.4, -0.2) is 9.97 Å². The number of nitrogens with two attached hydrogens (primary N) is 1. The number of aromatic nitrogens is 2. The number of hydrogen-bond donors (Lipinski definition) is 2. The number of hydrogen-bond acceptors (Lipinski definition) is 2. The van der Waals surface area contributed by atoms with Crippen molar-refractivity contribution in [1.29, 1.82) is 0 Å². The van der Waals surface area contributed by atoms with Crippen LogP contribution in [0.3, 0.4) is 0 Å². The van der Waals surface area contributed by atoms with E-state index < -0.39 is 23.0 Å². The summed E-state index contributed by atoms with van der Waals surface area (Å²) in [6.45, 7) is 0. The Morgan fingerprint density at radius 2 is 1.70 bits per heavy atom. The smallest absolute Gasteiger partial charge is 0.144 e. The number of nitrogen functional groups attached to an aromatic ring is 1. The average molecular weight is 342 g/mol. The zero-order valence-corrected chi connectivity index (χ0v) is 11.4. The molecule has 0 spiro atoms. The molecule has 3 rings (SSSR count). The molecule has 1 aromatic heterocycles. The molecule has 3 aromatic rings. The quantitative estimate of drug-likeness (QED) is 0.657. The molecule has 20 heavy (non-hydrogen) atoms. The minimum atomic E-state index is -1.03. The molecule has 0 amide bonds. The molecule has 0 unspecified atom stereocenters. The van der Waals surface area contributed by atoms with Crippen LogP contribution in [0.15, 0.2) is 28.7 Å². The predicted octanol–water partition coefficient (Wildman–Crippen LogP) is 3.99. The van der Waals surface area contributed by atoms with E-state index in [0.29, 0.717) is 33.3 Å². The average Bonchev–Trinajstić information content (AvgIpc) is 2.71. The Labute approximate surface area is 119 Å². The molecule has 0 saturated heterocycles. The molecular weight excluding hydrogens is 335 g/mol. The molecule has 7 heteroatoms. The maximum Gasteiger partial charge on any atom is 0.144 e. The second kappa shape index (κ2) is 4.52. The van der Waals surface area contributed by atoms with Crippen molar-refractivity contribution in [3.05, 3.63) is 46.2 Å². The number of aromatic amines is 1. The van der Waals surface area contributed by atoms with E-state index in [-0.39, 0.29) is 5.82 Å². The molecule has 0 aliphatic heterocycles. The third-order valence-electron chi connectivity index (χ3n) is 2.82. The number of fused-ring (bicyclic) bond motifs is 1. The highest BCUT2D eigenvalue weighted by Crippen LogP contribution is 2.30. The summed E-state index contributed by atoms with van der Waals surface area (Å²) in [5.41, 5.74) is 6.65. The number of benzene rings is 2. The lowest BCUT2D eigenvalue weighted by Gasteiger charge is -2.01. The topological polar surface area (TPSA) is 54.7 Å². The number of imidazole rings is 1. The summed E-state index contributed by atoms with van der Waals surface area (Å²) in [5, 5.41) is 0. The standard InChI is InChI=1S/C13H7BrF3N3/c14-5-1-9(18)12-10(2-5)19-13(20-12)11-7(16)3-6(15)4-8(11)17/h1-4H,18H2,(H,19,20). The van der Waals surface area contributed by atoms with Crippen molar-refractivity contribution in [1.82, 2.24) is 9.97 Å². The van der Waals surface area contributed by atoms with Gasteiger partial charge in [0.15, 0.2) is 0 Å². The molecule has 0 fully saturated rings. The number of nitrogens with one attached hydrogen (secondary N) is 1. The van der Waals surface area contributed by atoms with Crippen molar-refractivity contribution in [2.75, 3.05) is 5.73 Å². The van der Waals surface area contributed by atoms with E-state index in [2.05, 4.69) is 25.9 Å². The Morgan fingerprint density at radius 1 is 1.05 bits per heavy atom. The molecule has 0 aliphatic rings. The predicted molar refractivity (Wildman–Crippen MR) is 73.5 cm³/mol. The van der Waals surface area contributed by atoms with Crippen molar-refractivity contribution >= 4 is 32.7 Å². The van der Waals surface area contributed by atoms with Crippen LogP contribution >= 0.6 is 15.9 Å². The molecule has 0 atom stereocenters. The third kappa shape index (κ3) is 2.03. The van der Waals surface area contributed by atoms with Gasteiger partial charge in [-0.2, -0.15) is 0 Å². The lowest BCUT2D eigenvalue weighted by Crippen LogP contribution is -1.94. The molecule has 3 nitrogen and oxygen atoms in total. The highest BCUT2D eigenvalue weighted by Gasteiger charge is 2.18. The van der Waals surface area contributed by atoms with E-state index in [1.165, 1.54) is 0 Å². The minimum absolute atomic E-state index is 0.0419. The first-order chi connectivity index (χ1) is 9.45. The molecular formula is C13H7BrF3N3. The Morgan fingerprint density at radius 3 is 2.35 bits per heavy atom. The van der Waals surface area contributed by atoms with Crippen molar-refractivity contribution in [3.8, 4) is 11.4 Å². The van der Waals surface area contributed by atoms with Gasteiger partial charge in [-0.3, -0.25) is 0 Å². The number of nitrogens with zero attached hydrogens (tertiary/aromatic N) is 1. The van der Waals surface area contributed by atoms with Crippen LogP contribution in [0.25, 0.3) is 22.4 Å². The number of H-pyrrole nitrogens is 1. The maximum absolute atomic E-state index is 13.7. The summed E-state index contributed by atoms with van der Waals surface area (Å²) in [6.07, 6.45) is 0. The van der Waals surface area contributed by atoms with Gasteiger partial charge in [-0.1, -0.05) is 15.9 Å². The fraction of sp³-hybridized carbons (Fsp3) is 0. The van der Waals surface area contributed by atoms with Crippen molar-refractivity contribution in [2.24, 2.45) is 0 Å². The zero-order valence-electron chi connectivity index (χ0n) is 9.85. The Bertz CT molecular complexity index is 806. The third-order valence-corrected chi connectivity index (χ3v) is 3.28. The van der Waals surface area contributed by atoms with Gasteiger partial charge < -0.3 is 10.7 Å². The van der Waals surface area contributed by atoms with E-state index in [4.69, 9.17) is 5.73 Å². The van der Waals surface area contributed by atoms with E-state index in [1.807, 2.05) is 0 Å². The summed E-state index contributed by atoms with van der Waals surface area (Å²) in [4.78, 5) is 6.84. The molecule has 2 aromatic carbocycles. The molecule has 3 N–H and O–H groups in total. The van der Waals surface area contributed by atoms with Gasteiger partial charge in [0.1, 0.15) is 28.8 Å². The largest absolute Gasteiger partial charge is 0.397 e. The molecule has 0 radical (unpaired) electrons. The van der Waals surface area contributed by atoms with Crippen molar-refractivity contribution < 1.29 is 13.2 Å². The zero-order chi connectivity index (χ0) is 14.4. The van der Waals surface area contributed by atoms with Crippen LogP contribution in [-0.2, 0) is 0 Å². The second-order valence-electron chi connectivity index (χ2n) is 4.22. The van der Waals surface area contributed by atoms with Crippen molar-refractivity contribution in [3.63, 3.8) is 0 Å². The van der Waals surface area contributed by atoms with E-state index in [1.54, 1.807) is 12.1 Å². The van der Waals surface area contributed by atoms with Gasteiger partial charge in [0.05, 0.1) is 16.8 Å². The fourth-order valence-electron chi connectivity index (χ4n) is 1.99. The number of halogens is 4. The first kappa shape index (κ1) is 13.0. The normalized spacial score (nSPS) is 11.2. The van der Waals surface area contributed by atoms with Gasteiger partial charge in [0, 0.05) is 16.6 Å². The SMILES string of the molecule is Nc1cc(Br)cc2[nH]c(-c3c(F)cc(F)cc3F)nc12. The second-order valence-corrected chi connectivity index (χ2v) is 5.14. The highest BCUT2D eigenvalue weighted by atomic mass is 79.9. The van der Waals surface area contributed by atoms with Crippen LogP contribution in [0.2, 0.25) is 0 Å². The maximum atomic E-state index is 13.7. The van der Waals surface area contributed by atoms with Gasteiger partial charge in [0.2, 0.25) is 0 Å². The van der Waals surface area contributed by atoms with E-state index >= 15 is 0 Å². The first-order valence-corrected chi connectivity index (χ1v) is 6.34. The molecule has 0 saturated carbocycles. The molecule has 102 valence electrons. The van der Waals surface area contributed by atoms with E-state index in [0.717, 1.165) is 0 Å². The fourth-order valence-corrected chi connectivity index (χ4v) is 2.47. The highest BCUT2D eigenvalue weighted by molar-refractivity contribution is 9.10. The summed E-state index contributed by atoms with van der Waals surface area (Å²) in [5.74, 6) is -3.08. The monoisotopic (exact) mass is 341 g/mol. The Kier molecular flexibility index (Phi) is 2.93. The van der Waals surface area contributed by atoms with Crippen LogP contribution < -0.4 is 5.73 Å². The van der Waals surface area contributed by atoms with Gasteiger partial charge >= 0.3 is 0 Å². The number of anilines is 1. The molecule has 0 aliphatic carbocycles.